The third-order valence-electron chi connectivity index (χ3n) is 3.47. The molecule has 3 rings (SSSR count). The monoisotopic (exact) mass is 331 g/mol. The highest BCUT2D eigenvalue weighted by atomic mass is 19.4. The fraction of sp³-hybridized carbons (Fsp3) is 0.176. The molecule has 0 bridgehead atoms. The number of imidazole rings is 1. The number of benzene rings is 1. The molecule has 0 spiro atoms. The smallest absolute Gasteiger partial charge is 0.435 e. The zero-order valence-corrected chi connectivity index (χ0v) is 12.4. The van der Waals surface area contributed by atoms with Crippen molar-refractivity contribution in [1.29, 1.82) is 5.26 Å². The Bertz CT molecular complexity index is 895. The normalized spacial score (nSPS) is 11.4. The van der Waals surface area contributed by atoms with Gasteiger partial charge in [-0.25, -0.2) is 4.98 Å². The lowest BCUT2D eigenvalue weighted by Gasteiger charge is -2.07. The molecule has 0 amide bonds. The van der Waals surface area contributed by atoms with Crippen LogP contribution in [0.4, 0.5) is 13.2 Å². The van der Waals surface area contributed by atoms with Gasteiger partial charge in [-0.2, -0.15) is 18.4 Å². The summed E-state index contributed by atoms with van der Waals surface area (Å²) >= 11 is 0. The van der Waals surface area contributed by atoms with E-state index in [1.807, 2.05) is 30.3 Å². The third-order valence-corrected chi connectivity index (χ3v) is 3.47. The number of aromatic nitrogens is 2. The molecule has 7 heteroatoms. The SMILES string of the molecule is N#CCc1c(C(F)(F)F)nc2c(OCc3ccccc3)cccn12. The Hall–Kier alpha value is -3.01. The number of rotatable bonds is 4. The maximum absolute atomic E-state index is 13.2. The molecular weight excluding hydrogens is 319 g/mol. The number of nitrogens with zero attached hydrogens (tertiary/aromatic N) is 3. The molecule has 0 aliphatic carbocycles. The number of halogens is 3. The van der Waals surface area contributed by atoms with E-state index in [0.29, 0.717) is 0 Å². The first-order chi connectivity index (χ1) is 11.5. The minimum absolute atomic E-state index is 0.0472. The molecule has 0 unspecified atom stereocenters. The van der Waals surface area contributed by atoms with Crippen molar-refractivity contribution in [2.24, 2.45) is 0 Å². The lowest BCUT2D eigenvalue weighted by atomic mass is 10.2. The van der Waals surface area contributed by atoms with E-state index in [1.165, 1.54) is 10.6 Å². The number of nitriles is 1. The number of hydrogen-bond acceptors (Lipinski definition) is 3. The van der Waals surface area contributed by atoms with Crippen LogP contribution in [0.15, 0.2) is 48.7 Å². The van der Waals surface area contributed by atoms with Crippen LogP contribution in [-0.2, 0) is 19.2 Å². The van der Waals surface area contributed by atoms with Gasteiger partial charge in [-0.15, -0.1) is 0 Å². The van der Waals surface area contributed by atoms with Crippen molar-refractivity contribution in [3.8, 4) is 11.8 Å². The van der Waals surface area contributed by atoms with Gasteiger partial charge in [0, 0.05) is 6.20 Å². The fourth-order valence-corrected chi connectivity index (χ4v) is 2.41. The largest absolute Gasteiger partial charge is 0.485 e. The summed E-state index contributed by atoms with van der Waals surface area (Å²) in [5.41, 5.74) is -0.310. The van der Waals surface area contributed by atoms with Crippen molar-refractivity contribution in [3.63, 3.8) is 0 Å². The van der Waals surface area contributed by atoms with Crippen LogP contribution >= 0.6 is 0 Å². The van der Waals surface area contributed by atoms with Gasteiger partial charge in [0.1, 0.15) is 6.61 Å². The molecule has 0 aliphatic rings. The molecule has 0 N–H and O–H groups in total. The van der Waals surface area contributed by atoms with Gasteiger partial charge < -0.3 is 4.74 Å². The highest BCUT2D eigenvalue weighted by molar-refractivity contribution is 5.56. The summed E-state index contributed by atoms with van der Waals surface area (Å²) in [6.07, 6.45) is -3.58. The predicted molar refractivity (Wildman–Crippen MR) is 80.3 cm³/mol. The van der Waals surface area contributed by atoms with Crippen LogP contribution < -0.4 is 4.74 Å². The Morgan fingerprint density at radius 1 is 1.12 bits per heavy atom. The second-order valence-electron chi connectivity index (χ2n) is 5.08. The second-order valence-corrected chi connectivity index (χ2v) is 5.08. The van der Waals surface area contributed by atoms with Gasteiger partial charge in [0.2, 0.25) is 0 Å². The maximum atomic E-state index is 13.2. The van der Waals surface area contributed by atoms with Crippen LogP contribution in [0.3, 0.4) is 0 Å². The summed E-state index contributed by atoms with van der Waals surface area (Å²) in [7, 11) is 0. The van der Waals surface area contributed by atoms with E-state index >= 15 is 0 Å². The fourth-order valence-electron chi connectivity index (χ4n) is 2.41. The number of hydrogen-bond donors (Lipinski definition) is 0. The average molecular weight is 331 g/mol. The Labute approximate surface area is 135 Å². The molecule has 3 aromatic rings. The van der Waals surface area contributed by atoms with Gasteiger partial charge in [-0.3, -0.25) is 4.40 Å². The van der Waals surface area contributed by atoms with E-state index in [-0.39, 0.29) is 23.7 Å². The molecule has 4 nitrogen and oxygen atoms in total. The molecule has 0 radical (unpaired) electrons. The topological polar surface area (TPSA) is 50.3 Å². The van der Waals surface area contributed by atoms with Gasteiger partial charge in [0.05, 0.1) is 18.2 Å². The summed E-state index contributed by atoms with van der Waals surface area (Å²) in [4.78, 5) is 3.68. The van der Waals surface area contributed by atoms with Crippen molar-refractivity contribution >= 4 is 5.65 Å². The van der Waals surface area contributed by atoms with Crippen molar-refractivity contribution in [2.45, 2.75) is 19.2 Å². The molecule has 0 fully saturated rings. The van der Waals surface area contributed by atoms with Crippen molar-refractivity contribution in [3.05, 3.63) is 65.6 Å². The minimum atomic E-state index is -4.63. The van der Waals surface area contributed by atoms with Crippen LogP contribution in [0.2, 0.25) is 0 Å². The summed E-state index contributed by atoms with van der Waals surface area (Å²) in [5.74, 6) is 0.232. The number of ether oxygens (including phenoxy) is 1. The third kappa shape index (κ3) is 3.04. The summed E-state index contributed by atoms with van der Waals surface area (Å²) in [5, 5.41) is 8.82. The molecule has 2 heterocycles. The lowest BCUT2D eigenvalue weighted by Crippen LogP contribution is -2.09. The Morgan fingerprint density at radius 3 is 2.54 bits per heavy atom. The average Bonchev–Trinajstić information content (AvgIpc) is 2.94. The number of alkyl halides is 3. The highest BCUT2D eigenvalue weighted by Gasteiger charge is 2.38. The molecule has 1 aromatic carbocycles. The van der Waals surface area contributed by atoms with Crippen LogP contribution in [0.1, 0.15) is 17.0 Å². The quantitative estimate of drug-likeness (QED) is 0.726. The van der Waals surface area contributed by atoms with E-state index < -0.39 is 18.3 Å². The molecule has 0 aliphatic heterocycles. The standard InChI is InChI=1S/C17H12F3N3O/c18-17(19,20)15-13(8-9-21)23-10-4-7-14(16(23)22-15)24-11-12-5-2-1-3-6-12/h1-7,10H,8,11H2. The summed E-state index contributed by atoms with van der Waals surface area (Å²) in [6, 6.07) is 14.1. The van der Waals surface area contributed by atoms with Gasteiger partial charge in [-0.05, 0) is 17.7 Å². The Balaban J connectivity index is 2.02. The zero-order valence-electron chi connectivity index (χ0n) is 12.4. The van der Waals surface area contributed by atoms with E-state index in [1.54, 1.807) is 18.2 Å². The van der Waals surface area contributed by atoms with Gasteiger partial charge in [0.15, 0.2) is 17.1 Å². The van der Waals surface area contributed by atoms with Crippen molar-refractivity contribution in [2.75, 3.05) is 0 Å². The van der Waals surface area contributed by atoms with E-state index in [9.17, 15) is 13.2 Å². The molecular formula is C17H12F3N3O. The first kappa shape index (κ1) is 15.9. The van der Waals surface area contributed by atoms with Crippen LogP contribution in [-0.4, -0.2) is 9.38 Å². The van der Waals surface area contributed by atoms with Crippen LogP contribution in [0.5, 0.6) is 5.75 Å². The van der Waals surface area contributed by atoms with E-state index in [4.69, 9.17) is 10.00 Å². The zero-order chi connectivity index (χ0) is 17.2. The first-order valence-electron chi connectivity index (χ1n) is 7.11. The van der Waals surface area contributed by atoms with Crippen molar-refractivity contribution < 1.29 is 17.9 Å². The maximum Gasteiger partial charge on any atom is 0.435 e. The molecule has 0 saturated carbocycles. The second kappa shape index (κ2) is 6.24. The molecule has 0 atom stereocenters. The molecule has 24 heavy (non-hydrogen) atoms. The van der Waals surface area contributed by atoms with Crippen LogP contribution in [0, 0.1) is 11.3 Å². The minimum Gasteiger partial charge on any atom is -0.485 e. The predicted octanol–water partition coefficient (Wildman–Crippen LogP) is 4.00. The number of fused-ring (bicyclic) bond motifs is 1. The Morgan fingerprint density at radius 2 is 1.88 bits per heavy atom. The highest BCUT2D eigenvalue weighted by Crippen LogP contribution is 2.34. The van der Waals surface area contributed by atoms with E-state index in [0.717, 1.165) is 5.56 Å². The summed E-state index contributed by atoms with van der Waals surface area (Å²) < 4.78 is 46.4. The van der Waals surface area contributed by atoms with Gasteiger partial charge >= 0.3 is 6.18 Å². The first-order valence-corrected chi connectivity index (χ1v) is 7.11. The van der Waals surface area contributed by atoms with E-state index in [2.05, 4.69) is 4.98 Å². The van der Waals surface area contributed by atoms with Crippen LogP contribution in [0.25, 0.3) is 5.65 Å². The van der Waals surface area contributed by atoms with Gasteiger partial charge in [0.25, 0.3) is 0 Å². The van der Waals surface area contributed by atoms with Gasteiger partial charge in [-0.1, -0.05) is 30.3 Å². The molecule has 0 saturated heterocycles. The molecule has 122 valence electrons. The number of pyridine rings is 1. The molecule has 2 aromatic heterocycles. The summed E-state index contributed by atoms with van der Waals surface area (Å²) in [6.45, 7) is 0.211. The lowest BCUT2D eigenvalue weighted by molar-refractivity contribution is -0.141. The van der Waals surface area contributed by atoms with Crippen molar-refractivity contribution in [1.82, 2.24) is 9.38 Å². The Kier molecular flexibility index (Phi) is 4.13.